The molecule has 2 N–H and O–H groups in total. The summed E-state index contributed by atoms with van der Waals surface area (Å²) >= 11 is 6.95. The Labute approximate surface area is 144 Å². The van der Waals surface area contributed by atoms with Crippen molar-refractivity contribution in [3.63, 3.8) is 0 Å². The number of benzene rings is 2. The normalized spacial score (nSPS) is 17.5. The molecule has 1 fully saturated rings. The second kappa shape index (κ2) is 6.62. The number of aromatic hydroxyl groups is 1. The molecule has 0 aliphatic carbocycles. The van der Waals surface area contributed by atoms with E-state index in [2.05, 4.69) is 10.3 Å². The van der Waals surface area contributed by atoms with E-state index >= 15 is 0 Å². The molecule has 1 saturated heterocycles. The van der Waals surface area contributed by atoms with Crippen LogP contribution in [0.25, 0.3) is 6.08 Å². The van der Waals surface area contributed by atoms with Crippen LogP contribution in [0.2, 0.25) is 5.02 Å². The van der Waals surface area contributed by atoms with Gasteiger partial charge < -0.3 is 10.4 Å². The molecule has 0 saturated carbocycles. The van der Waals surface area contributed by atoms with Gasteiger partial charge in [0, 0.05) is 6.07 Å². The summed E-state index contributed by atoms with van der Waals surface area (Å²) in [5.41, 5.74) is 0.601. The molecule has 2 aromatic carbocycles. The number of halogens is 3. The van der Waals surface area contributed by atoms with Crippen molar-refractivity contribution in [3.05, 3.63) is 63.5 Å². The van der Waals surface area contributed by atoms with Crippen LogP contribution in [-0.4, -0.2) is 16.2 Å². The highest BCUT2D eigenvalue weighted by Crippen LogP contribution is 2.31. The zero-order valence-electron chi connectivity index (χ0n) is 11.9. The number of nitrogens with one attached hydrogen (secondary N) is 1. The van der Waals surface area contributed by atoms with E-state index in [0.29, 0.717) is 5.56 Å². The van der Waals surface area contributed by atoms with Crippen molar-refractivity contribution in [1.29, 1.82) is 0 Å². The average Bonchev–Trinajstić information content (AvgIpc) is 2.86. The summed E-state index contributed by atoms with van der Waals surface area (Å²) in [6.45, 7) is 0. The summed E-state index contributed by atoms with van der Waals surface area (Å²) in [5.74, 6) is -2.17. The Morgan fingerprint density at radius 3 is 2.75 bits per heavy atom. The number of amides is 1. The molecule has 122 valence electrons. The van der Waals surface area contributed by atoms with Gasteiger partial charge >= 0.3 is 0 Å². The summed E-state index contributed by atoms with van der Waals surface area (Å²) in [5, 5.41) is 12.2. The number of hydrogen-bond donors (Lipinski definition) is 2. The summed E-state index contributed by atoms with van der Waals surface area (Å²) in [6.07, 6.45) is 1.46. The Kier molecular flexibility index (Phi) is 4.55. The van der Waals surface area contributed by atoms with Gasteiger partial charge in [0.05, 0.1) is 15.6 Å². The summed E-state index contributed by atoms with van der Waals surface area (Å²) < 4.78 is 26.6. The van der Waals surface area contributed by atoms with Crippen LogP contribution >= 0.6 is 23.4 Å². The van der Waals surface area contributed by atoms with Crippen LogP contribution < -0.4 is 5.32 Å². The van der Waals surface area contributed by atoms with Crippen LogP contribution in [0.4, 0.5) is 14.5 Å². The number of amidine groups is 1. The first-order chi connectivity index (χ1) is 11.4. The molecule has 4 nitrogen and oxygen atoms in total. The zero-order chi connectivity index (χ0) is 17.3. The molecule has 24 heavy (non-hydrogen) atoms. The molecule has 2 aromatic rings. The number of rotatable bonds is 2. The maximum absolute atomic E-state index is 13.3. The van der Waals surface area contributed by atoms with Crippen molar-refractivity contribution in [3.8, 4) is 5.75 Å². The van der Waals surface area contributed by atoms with Gasteiger partial charge in [-0.15, -0.1) is 0 Å². The van der Waals surface area contributed by atoms with Crippen molar-refractivity contribution >= 4 is 46.2 Å². The lowest BCUT2D eigenvalue weighted by atomic mass is 10.2. The molecule has 0 atom stereocenters. The third-order valence-electron chi connectivity index (χ3n) is 3.05. The predicted octanol–water partition coefficient (Wildman–Crippen LogP) is 4.22. The second-order valence-electron chi connectivity index (χ2n) is 4.79. The maximum Gasteiger partial charge on any atom is 0.264 e. The molecule has 1 aliphatic rings. The number of aliphatic imine (C=N–C) groups is 1. The van der Waals surface area contributed by atoms with E-state index in [1.54, 1.807) is 0 Å². The molecule has 0 radical (unpaired) electrons. The predicted molar refractivity (Wildman–Crippen MR) is 90.3 cm³/mol. The molecule has 1 aliphatic heterocycles. The van der Waals surface area contributed by atoms with E-state index in [0.717, 1.165) is 23.9 Å². The Balaban J connectivity index is 1.87. The van der Waals surface area contributed by atoms with Crippen molar-refractivity contribution in [2.45, 2.75) is 0 Å². The molecule has 1 amide bonds. The minimum absolute atomic E-state index is 0.191. The number of hydrogen-bond acceptors (Lipinski definition) is 4. The minimum Gasteiger partial charge on any atom is -0.505 e. The van der Waals surface area contributed by atoms with Gasteiger partial charge in [0.1, 0.15) is 5.82 Å². The molecule has 0 spiro atoms. The maximum atomic E-state index is 13.3. The van der Waals surface area contributed by atoms with Crippen LogP contribution in [0.1, 0.15) is 5.56 Å². The van der Waals surface area contributed by atoms with Crippen LogP contribution in [-0.2, 0) is 4.79 Å². The van der Waals surface area contributed by atoms with Gasteiger partial charge in [0.2, 0.25) is 0 Å². The number of carbonyl (C=O) groups excluding carboxylic acids is 1. The fourth-order valence-corrected chi connectivity index (χ4v) is 2.92. The number of nitrogens with zero attached hydrogens (tertiary/aromatic N) is 1. The van der Waals surface area contributed by atoms with E-state index in [1.165, 1.54) is 30.3 Å². The minimum atomic E-state index is -0.784. The Morgan fingerprint density at radius 2 is 2.00 bits per heavy atom. The fourth-order valence-electron chi connectivity index (χ4n) is 1.93. The van der Waals surface area contributed by atoms with Crippen LogP contribution in [0.3, 0.4) is 0 Å². The quantitative estimate of drug-likeness (QED) is 0.782. The first-order valence-corrected chi connectivity index (χ1v) is 7.85. The third-order valence-corrected chi connectivity index (χ3v) is 4.28. The number of thioether (sulfide) groups is 1. The molecular weight excluding hydrogens is 358 g/mol. The first kappa shape index (κ1) is 16.5. The molecule has 0 unspecified atom stereocenters. The van der Waals surface area contributed by atoms with Gasteiger partial charge in [-0.25, -0.2) is 13.8 Å². The third kappa shape index (κ3) is 3.58. The lowest BCUT2D eigenvalue weighted by molar-refractivity contribution is -0.115. The first-order valence-electron chi connectivity index (χ1n) is 6.65. The Bertz CT molecular complexity index is 900. The van der Waals surface area contributed by atoms with E-state index in [-0.39, 0.29) is 20.8 Å². The Morgan fingerprint density at radius 1 is 1.21 bits per heavy atom. The molecular formula is C16H9ClF2N2O2S. The van der Waals surface area contributed by atoms with Gasteiger partial charge in [0.15, 0.2) is 16.7 Å². The number of phenols is 1. The lowest BCUT2D eigenvalue weighted by Gasteiger charge is -1.99. The van der Waals surface area contributed by atoms with Gasteiger partial charge in [-0.2, -0.15) is 0 Å². The molecule has 3 rings (SSSR count). The molecule has 1 heterocycles. The average molecular weight is 367 g/mol. The van der Waals surface area contributed by atoms with Gasteiger partial charge in [-0.1, -0.05) is 17.7 Å². The van der Waals surface area contributed by atoms with Gasteiger partial charge in [-0.05, 0) is 47.7 Å². The second-order valence-corrected chi connectivity index (χ2v) is 6.23. The van der Waals surface area contributed by atoms with E-state index in [9.17, 15) is 13.6 Å². The number of phenolic OH excluding ortho intramolecular Hbond substituents is 1. The largest absolute Gasteiger partial charge is 0.505 e. The van der Waals surface area contributed by atoms with Gasteiger partial charge in [-0.3, -0.25) is 4.79 Å². The highest BCUT2D eigenvalue weighted by Gasteiger charge is 2.24. The standard InChI is InChI=1S/C16H9ClF2N2O2S/c17-10-3-2-9(18)7-12(10)20-16-21-15(23)14(24-16)6-8-1-4-13(22)11(19)5-8/h1-7,22H,(H,20,21,23)/b14-6+. The summed E-state index contributed by atoms with van der Waals surface area (Å²) in [6, 6.07) is 7.50. The van der Waals surface area contributed by atoms with Crippen molar-refractivity contribution in [2.75, 3.05) is 0 Å². The topological polar surface area (TPSA) is 61.7 Å². The summed E-state index contributed by atoms with van der Waals surface area (Å²) in [4.78, 5) is 16.3. The van der Waals surface area contributed by atoms with E-state index in [4.69, 9.17) is 16.7 Å². The van der Waals surface area contributed by atoms with Gasteiger partial charge in [0.25, 0.3) is 5.91 Å². The molecule has 0 aromatic heterocycles. The zero-order valence-corrected chi connectivity index (χ0v) is 13.5. The van der Waals surface area contributed by atoms with Crippen molar-refractivity contribution < 1.29 is 18.7 Å². The van der Waals surface area contributed by atoms with Crippen LogP contribution in [0.5, 0.6) is 5.75 Å². The highest BCUT2D eigenvalue weighted by molar-refractivity contribution is 8.18. The van der Waals surface area contributed by atoms with Crippen LogP contribution in [0.15, 0.2) is 46.3 Å². The summed E-state index contributed by atoms with van der Waals surface area (Å²) in [7, 11) is 0. The Hall–Kier alpha value is -2.38. The molecule has 8 heteroatoms. The van der Waals surface area contributed by atoms with Crippen molar-refractivity contribution in [2.24, 2.45) is 4.99 Å². The van der Waals surface area contributed by atoms with Crippen LogP contribution in [0, 0.1) is 11.6 Å². The van der Waals surface area contributed by atoms with E-state index < -0.39 is 23.3 Å². The van der Waals surface area contributed by atoms with Crippen molar-refractivity contribution in [1.82, 2.24) is 5.32 Å². The highest BCUT2D eigenvalue weighted by atomic mass is 35.5. The smallest absolute Gasteiger partial charge is 0.264 e. The lowest BCUT2D eigenvalue weighted by Crippen LogP contribution is -2.19. The number of carbonyl (C=O) groups is 1. The SMILES string of the molecule is O=C1NC(=Nc2cc(F)ccc2Cl)S/C1=C/c1ccc(O)c(F)c1. The molecule has 0 bridgehead atoms. The fraction of sp³-hybridized carbons (Fsp3) is 0. The van der Waals surface area contributed by atoms with E-state index in [1.807, 2.05) is 0 Å². The monoisotopic (exact) mass is 366 g/mol.